The summed E-state index contributed by atoms with van der Waals surface area (Å²) in [5.41, 5.74) is 2.89. The lowest BCUT2D eigenvalue weighted by atomic mass is 10.1. The highest BCUT2D eigenvalue weighted by Crippen LogP contribution is 2.18. The summed E-state index contributed by atoms with van der Waals surface area (Å²) in [6.45, 7) is 2.51. The Hall–Kier alpha value is -1.85. The molecule has 0 fully saturated rings. The maximum Gasteiger partial charge on any atom is 0.221 e. The van der Waals surface area contributed by atoms with E-state index in [1.807, 2.05) is 31.2 Å². The van der Waals surface area contributed by atoms with Gasteiger partial charge in [0.25, 0.3) is 0 Å². The maximum absolute atomic E-state index is 12.1. The van der Waals surface area contributed by atoms with Gasteiger partial charge in [-0.2, -0.15) is 0 Å². The van der Waals surface area contributed by atoms with Gasteiger partial charge in [-0.05, 0) is 30.5 Å². The van der Waals surface area contributed by atoms with E-state index in [9.17, 15) is 13.2 Å². The second-order valence-electron chi connectivity index (χ2n) is 6.02. The molecule has 0 radical (unpaired) electrons. The Morgan fingerprint density at radius 2 is 1.76 bits per heavy atom. The van der Waals surface area contributed by atoms with Crippen molar-refractivity contribution in [2.75, 3.05) is 12.3 Å². The molecule has 0 unspecified atom stereocenters. The first-order valence-corrected chi connectivity index (χ1v) is 10.3. The van der Waals surface area contributed by atoms with Crippen molar-refractivity contribution in [1.29, 1.82) is 0 Å². The number of amides is 1. The Morgan fingerprint density at radius 1 is 1.08 bits per heavy atom. The summed E-state index contributed by atoms with van der Waals surface area (Å²) in [6, 6.07) is 14.9. The molecule has 0 aliphatic rings. The van der Waals surface area contributed by atoms with Crippen LogP contribution in [-0.2, 0) is 26.8 Å². The summed E-state index contributed by atoms with van der Waals surface area (Å²) >= 11 is 5.99. The van der Waals surface area contributed by atoms with Gasteiger partial charge in [-0.3, -0.25) is 4.79 Å². The van der Waals surface area contributed by atoms with Crippen molar-refractivity contribution in [2.24, 2.45) is 0 Å². The van der Waals surface area contributed by atoms with Crippen molar-refractivity contribution in [3.63, 3.8) is 0 Å². The molecule has 0 spiro atoms. The Labute approximate surface area is 154 Å². The standard InChI is InChI=1S/C19H22ClNO3S/c1-15-6-8-16(9-7-15)10-12-21-19(22)11-13-25(23,24)14-17-4-2-3-5-18(17)20/h2-9H,10-14H2,1H3,(H,21,22). The molecule has 0 aromatic heterocycles. The van der Waals surface area contributed by atoms with Crippen molar-refractivity contribution < 1.29 is 13.2 Å². The van der Waals surface area contributed by atoms with Crippen molar-refractivity contribution in [1.82, 2.24) is 5.32 Å². The minimum absolute atomic E-state index is 0.0410. The summed E-state index contributed by atoms with van der Waals surface area (Å²) in [7, 11) is -3.38. The third kappa shape index (κ3) is 6.88. The van der Waals surface area contributed by atoms with E-state index in [-0.39, 0.29) is 23.8 Å². The lowest BCUT2D eigenvalue weighted by Gasteiger charge is -2.08. The first-order chi connectivity index (χ1) is 11.9. The van der Waals surface area contributed by atoms with Gasteiger partial charge in [0.2, 0.25) is 5.91 Å². The van der Waals surface area contributed by atoms with Gasteiger partial charge in [0.05, 0.1) is 11.5 Å². The zero-order chi connectivity index (χ0) is 18.3. The van der Waals surface area contributed by atoms with Crippen molar-refractivity contribution >= 4 is 27.3 Å². The van der Waals surface area contributed by atoms with Gasteiger partial charge in [0.1, 0.15) is 0 Å². The molecular weight excluding hydrogens is 358 g/mol. The van der Waals surface area contributed by atoms with Gasteiger partial charge in [-0.15, -0.1) is 0 Å². The number of aryl methyl sites for hydroxylation is 1. The van der Waals surface area contributed by atoms with E-state index in [2.05, 4.69) is 5.32 Å². The van der Waals surface area contributed by atoms with E-state index in [1.165, 1.54) is 5.56 Å². The van der Waals surface area contributed by atoms with E-state index in [4.69, 9.17) is 11.6 Å². The van der Waals surface area contributed by atoms with Gasteiger partial charge in [-0.25, -0.2) is 8.42 Å². The quantitative estimate of drug-likeness (QED) is 0.765. The number of sulfone groups is 1. The molecule has 0 aliphatic carbocycles. The summed E-state index contributed by atoms with van der Waals surface area (Å²) in [6.07, 6.45) is 0.680. The van der Waals surface area contributed by atoms with Crippen LogP contribution in [0.5, 0.6) is 0 Å². The van der Waals surface area contributed by atoms with Crippen LogP contribution in [0.15, 0.2) is 48.5 Å². The van der Waals surface area contributed by atoms with Crippen molar-refractivity contribution in [3.8, 4) is 0 Å². The first-order valence-electron chi connectivity index (χ1n) is 8.12. The first kappa shape index (κ1) is 19.5. The number of rotatable bonds is 8. The fourth-order valence-corrected chi connectivity index (χ4v) is 4.01. The molecule has 2 aromatic rings. The lowest BCUT2D eigenvalue weighted by Crippen LogP contribution is -2.27. The predicted octanol–water partition coefficient (Wildman–Crippen LogP) is 3.31. The summed E-state index contributed by atoms with van der Waals surface area (Å²) in [4.78, 5) is 11.9. The largest absolute Gasteiger partial charge is 0.356 e. The molecule has 2 rings (SSSR count). The molecule has 6 heteroatoms. The number of benzene rings is 2. The van der Waals surface area contributed by atoms with Gasteiger partial charge >= 0.3 is 0 Å². The molecule has 0 atom stereocenters. The topological polar surface area (TPSA) is 63.2 Å². The lowest BCUT2D eigenvalue weighted by molar-refractivity contribution is -0.120. The van der Waals surface area contributed by atoms with E-state index < -0.39 is 9.84 Å². The van der Waals surface area contributed by atoms with E-state index in [1.54, 1.807) is 24.3 Å². The average Bonchev–Trinajstić information content (AvgIpc) is 2.57. The molecule has 0 saturated heterocycles. The molecule has 0 saturated carbocycles. The fraction of sp³-hybridized carbons (Fsp3) is 0.316. The van der Waals surface area contributed by atoms with Crippen LogP contribution < -0.4 is 5.32 Å². The third-order valence-electron chi connectivity index (χ3n) is 3.83. The number of nitrogens with one attached hydrogen (secondary N) is 1. The monoisotopic (exact) mass is 379 g/mol. The molecule has 1 N–H and O–H groups in total. The Balaban J connectivity index is 1.75. The fourth-order valence-electron chi connectivity index (χ4n) is 2.36. The molecule has 0 heterocycles. The smallest absolute Gasteiger partial charge is 0.221 e. The Morgan fingerprint density at radius 3 is 2.44 bits per heavy atom. The predicted molar refractivity (Wildman–Crippen MR) is 101 cm³/mol. The number of halogens is 1. The van der Waals surface area contributed by atoms with Crippen LogP contribution in [0.3, 0.4) is 0 Å². The molecular formula is C19H22ClNO3S. The molecule has 0 bridgehead atoms. The van der Waals surface area contributed by atoms with Crippen molar-refractivity contribution in [2.45, 2.75) is 25.5 Å². The van der Waals surface area contributed by atoms with Crippen molar-refractivity contribution in [3.05, 3.63) is 70.2 Å². The highest BCUT2D eigenvalue weighted by Gasteiger charge is 2.16. The van der Waals surface area contributed by atoms with Gasteiger partial charge in [0.15, 0.2) is 9.84 Å². The summed E-state index contributed by atoms with van der Waals surface area (Å²) in [5.74, 6) is -0.590. The zero-order valence-corrected chi connectivity index (χ0v) is 15.7. The Bertz CT molecular complexity index is 817. The molecule has 25 heavy (non-hydrogen) atoms. The van der Waals surface area contributed by atoms with Crippen LogP contribution in [0.25, 0.3) is 0 Å². The maximum atomic E-state index is 12.1. The van der Waals surface area contributed by atoms with Gasteiger partial charge in [-0.1, -0.05) is 59.6 Å². The summed E-state index contributed by atoms with van der Waals surface area (Å²) < 4.78 is 24.3. The van der Waals surface area contributed by atoms with Gasteiger partial charge in [0, 0.05) is 18.0 Å². The Kier molecular flexibility index (Phi) is 7.02. The van der Waals surface area contributed by atoms with Gasteiger partial charge < -0.3 is 5.32 Å². The van der Waals surface area contributed by atoms with Crippen LogP contribution in [0.2, 0.25) is 5.02 Å². The van der Waals surface area contributed by atoms with Crippen LogP contribution >= 0.6 is 11.6 Å². The second kappa shape index (κ2) is 9.02. The number of hydrogen-bond donors (Lipinski definition) is 1. The minimum Gasteiger partial charge on any atom is -0.356 e. The number of hydrogen-bond acceptors (Lipinski definition) is 3. The van der Waals surface area contributed by atoms with E-state index in [0.717, 1.165) is 12.0 Å². The molecule has 1 amide bonds. The molecule has 0 aliphatic heterocycles. The van der Waals surface area contributed by atoms with Crippen LogP contribution in [-0.4, -0.2) is 26.6 Å². The molecule has 2 aromatic carbocycles. The average molecular weight is 380 g/mol. The highest BCUT2D eigenvalue weighted by molar-refractivity contribution is 7.90. The number of carbonyl (C=O) groups excluding carboxylic acids is 1. The zero-order valence-electron chi connectivity index (χ0n) is 14.2. The minimum atomic E-state index is -3.38. The number of carbonyl (C=O) groups is 1. The van der Waals surface area contributed by atoms with E-state index in [0.29, 0.717) is 17.1 Å². The second-order valence-corrected chi connectivity index (χ2v) is 8.61. The van der Waals surface area contributed by atoms with Crippen LogP contribution in [0.1, 0.15) is 23.1 Å². The summed E-state index contributed by atoms with van der Waals surface area (Å²) in [5, 5.41) is 3.19. The van der Waals surface area contributed by atoms with Crippen LogP contribution in [0.4, 0.5) is 0 Å². The molecule has 134 valence electrons. The van der Waals surface area contributed by atoms with Crippen LogP contribution in [0, 0.1) is 6.92 Å². The SMILES string of the molecule is Cc1ccc(CCNC(=O)CCS(=O)(=O)Cc2ccccc2Cl)cc1. The van der Waals surface area contributed by atoms with E-state index >= 15 is 0 Å². The highest BCUT2D eigenvalue weighted by atomic mass is 35.5. The normalized spacial score (nSPS) is 11.3. The third-order valence-corrected chi connectivity index (χ3v) is 5.78. The molecule has 4 nitrogen and oxygen atoms in total.